The molecule has 0 saturated heterocycles. The fourth-order valence-electron chi connectivity index (χ4n) is 1.15. The molecule has 0 spiro atoms. The molecule has 0 aromatic heterocycles. The van der Waals surface area contributed by atoms with Crippen LogP contribution in [-0.4, -0.2) is 55.9 Å². The topological polar surface area (TPSA) is 88.0 Å². The van der Waals surface area contributed by atoms with Crippen molar-refractivity contribution in [3.63, 3.8) is 0 Å². The van der Waals surface area contributed by atoms with Crippen molar-refractivity contribution >= 4 is 5.91 Å². The molecule has 0 atom stereocenters. The number of ether oxygens (including phenoxy) is 2. The van der Waals surface area contributed by atoms with Crippen LogP contribution in [-0.2, 0) is 14.3 Å². The van der Waals surface area contributed by atoms with Gasteiger partial charge in [0.2, 0.25) is 5.91 Å². The molecular formula is C11H23NO5. The van der Waals surface area contributed by atoms with Crippen LogP contribution in [0.4, 0.5) is 0 Å². The smallest absolute Gasteiger partial charge is 0.225 e. The van der Waals surface area contributed by atoms with Crippen LogP contribution in [0, 0.1) is 5.41 Å². The van der Waals surface area contributed by atoms with Crippen LogP contribution in [0.3, 0.4) is 0 Å². The Morgan fingerprint density at radius 1 is 1.18 bits per heavy atom. The average Bonchev–Trinajstić information content (AvgIpc) is 2.27. The van der Waals surface area contributed by atoms with E-state index in [9.17, 15) is 4.79 Å². The van der Waals surface area contributed by atoms with Gasteiger partial charge in [0.25, 0.3) is 0 Å². The predicted molar refractivity (Wildman–Crippen MR) is 62.4 cm³/mol. The molecule has 0 bridgehead atoms. The van der Waals surface area contributed by atoms with Crippen LogP contribution >= 0.6 is 0 Å². The molecule has 0 radical (unpaired) electrons. The minimum Gasteiger partial charge on any atom is -0.396 e. The Kier molecular flexibility index (Phi) is 8.97. The summed E-state index contributed by atoms with van der Waals surface area (Å²) < 4.78 is 9.82. The maximum Gasteiger partial charge on any atom is 0.225 e. The summed E-state index contributed by atoms with van der Waals surface area (Å²) in [4.78, 5) is 11.7. The summed E-state index contributed by atoms with van der Waals surface area (Å²) in [7, 11) is 0. The third-order valence-electron chi connectivity index (χ3n) is 2.35. The van der Waals surface area contributed by atoms with E-state index in [4.69, 9.17) is 14.9 Å². The first kappa shape index (κ1) is 16.3. The van der Waals surface area contributed by atoms with E-state index in [1.165, 1.54) is 0 Å². The highest BCUT2D eigenvalue weighted by atomic mass is 16.6. The van der Waals surface area contributed by atoms with Crippen molar-refractivity contribution in [2.45, 2.75) is 20.3 Å². The number of aliphatic hydroxyl groups excluding tert-OH is 2. The van der Waals surface area contributed by atoms with Gasteiger partial charge in [0.05, 0.1) is 19.8 Å². The molecule has 1 amide bonds. The van der Waals surface area contributed by atoms with Crippen molar-refractivity contribution in [3.8, 4) is 0 Å². The Labute approximate surface area is 102 Å². The summed E-state index contributed by atoms with van der Waals surface area (Å²) in [6, 6.07) is 0. The highest BCUT2D eigenvalue weighted by molar-refractivity contribution is 5.81. The van der Waals surface area contributed by atoms with Gasteiger partial charge in [-0.25, -0.2) is 0 Å². The number of rotatable bonds is 10. The second-order valence-electron chi connectivity index (χ2n) is 4.26. The van der Waals surface area contributed by atoms with E-state index in [-0.39, 0.29) is 19.3 Å². The summed E-state index contributed by atoms with van der Waals surface area (Å²) in [6.45, 7) is 4.80. The number of nitrogens with one attached hydrogen (secondary N) is 1. The van der Waals surface area contributed by atoms with Gasteiger partial charge < -0.3 is 25.0 Å². The maximum absolute atomic E-state index is 11.7. The van der Waals surface area contributed by atoms with Gasteiger partial charge in [-0.15, -0.1) is 0 Å². The zero-order valence-electron chi connectivity index (χ0n) is 10.6. The third kappa shape index (κ3) is 8.09. The summed E-state index contributed by atoms with van der Waals surface area (Å²) in [5.74, 6) is -0.0956. The van der Waals surface area contributed by atoms with Gasteiger partial charge in [-0.2, -0.15) is 0 Å². The van der Waals surface area contributed by atoms with Crippen LogP contribution in [0.1, 0.15) is 20.3 Å². The van der Waals surface area contributed by atoms with E-state index in [1.54, 1.807) is 13.8 Å². The lowest BCUT2D eigenvalue weighted by Crippen LogP contribution is -2.39. The molecule has 0 aromatic carbocycles. The van der Waals surface area contributed by atoms with Crippen LogP contribution in [0.2, 0.25) is 0 Å². The van der Waals surface area contributed by atoms with Crippen molar-refractivity contribution in [2.24, 2.45) is 5.41 Å². The Morgan fingerprint density at radius 3 is 2.41 bits per heavy atom. The van der Waals surface area contributed by atoms with E-state index < -0.39 is 5.41 Å². The molecule has 0 aromatic rings. The van der Waals surface area contributed by atoms with Gasteiger partial charge in [0.15, 0.2) is 0 Å². The first-order valence-electron chi connectivity index (χ1n) is 5.70. The third-order valence-corrected chi connectivity index (χ3v) is 2.35. The lowest BCUT2D eigenvalue weighted by molar-refractivity contribution is -0.130. The summed E-state index contributed by atoms with van der Waals surface area (Å²) in [5, 5.41) is 19.9. The largest absolute Gasteiger partial charge is 0.396 e. The number of aliphatic hydroxyl groups is 2. The molecule has 102 valence electrons. The summed E-state index contributed by atoms with van der Waals surface area (Å²) >= 11 is 0. The first-order valence-corrected chi connectivity index (χ1v) is 5.70. The minimum atomic E-state index is -0.561. The minimum absolute atomic E-state index is 0.00455. The molecule has 6 nitrogen and oxygen atoms in total. The molecule has 0 unspecified atom stereocenters. The molecule has 0 rings (SSSR count). The Morgan fingerprint density at radius 2 is 1.82 bits per heavy atom. The molecule has 0 aliphatic rings. The van der Waals surface area contributed by atoms with Crippen molar-refractivity contribution in [2.75, 3.05) is 39.8 Å². The fraction of sp³-hybridized carbons (Fsp3) is 0.909. The average molecular weight is 249 g/mol. The van der Waals surface area contributed by atoms with E-state index >= 15 is 0 Å². The SMILES string of the molecule is CC(C)(CCO)C(=O)NCCOCCOCO. The van der Waals surface area contributed by atoms with Gasteiger partial charge in [-0.3, -0.25) is 4.79 Å². The van der Waals surface area contributed by atoms with E-state index in [1.807, 2.05) is 0 Å². The monoisotopic (exact) mass is 249 g/mol. The van der Waals surface area contributed by atoms with Gasteiger partial charge in [0, 0.05) is 18.6 Å². The summed E-state index contributed by atoms with van der Waals surface area (Å²) in [5.41, 5.74) is -0.561. The van der Waals surface area contributed by atoms with Crippen LogP contribution in [0.5, 0.6) is 0 Å². The van der Waals surface area contributed by atoms with Crippen LogP contribution in [0.25, 0.3) is 0 Å². The van der Waals surface area contributed by atoms with Gasteiger partial charge in [-0.1, -0.05) is 13.8 Å². The number of hydrogen-bond donors (Lipinski definition) is 3. The van der Waals surface area contributed by atoms with Crippen LogP contribution < -0.4 is 5.32 Å². The van der Waals surface area contributed by atoms with Crippen molar-refractivity contribution in [3.05, 3.63) is 0 Å². The normalized spacial score (nSPS) is 11.5. The van der Waals surface area contributed by atoms with Crippen molar-refractivity contribution in [1.29, 1.82) is 0 Å². The van der Waals surface area contributed by atoms with E-state index in [2.05, 4.69) is 10.1 Å². The molecule has 0 aliphatic heterocycles. The number of hydrogen-bond acceptors (Lipinski definition) is 5. The quantitative estimate of drug-likeness (QED) is 0.359. The van der Waals surface area contributed by atoms with Gasteiger partial charge in [-0.05, 0) is 6.42 Å². The van der Waals surface area contributed by atoms with E-state index in [0.29, 0.717) is 32.8 Å². The van der Waals surface area contributed by atoms with E-state index in [0.717, 1.165) is 0 Å². The highest BCUT2D eigenvalue weighted by Gasteiger charge is 2.26. The lowest BCUT2D eigenvalue weighted by atomic mass is 9.89. The highest BCUT2D eigenvalue weighted by Crippen LogP contribution is 2.19. The Bertz CT molecular complexity index is 208. The number of carbonyl (C=O) groups is 1. The first-order chi connectivity index (χ1) is 8.04. The Hall–Kier alpha value is -0.690. The molecule has 3 N–H and O–H groups in total. The zero-order chi connectivity index (χ0) is 13.1. The zero-order valence-corrected chi connectivity index (χ0v) is 10.6. The van der Waals surface area contributed by atoms with Crippen molar-refractivity contribution < 1.29 is 24.5 Å². The molecule has 0 fully saturated rings. The molecule has 17 heavy (non-hydrogen) atoms. The second kappa shape index (κ2) is 9.35. The van der Waals surface area contributed by atoms with Gasteiger partial charge in [0.1, 0.15) is 6.79 Å². The summed E-state index contributed by atoms with van der Waals surface area (Å²) in [6.07, 6.45) is 0.435. The molecule has 6 heteroatoms. The predicted octanol–water partition coefficient (Wildman–Crippen LogP) is -0.506. The number of amides is 1. The van der Waals surface area contributed by atoms with Gasteiger partial charge >= 0.3 is 0 Å². The molecule has 0 heterocycles. The standard InChI is InChI=1S/C11H23NO5/c1-11(2,3-5-13)10(15)12-4-6-16-7-8-17-9-14/h13-14H,3-9H2,1-2H3,(H,12,15). The lowest BCUT2D eigenvalue weighted by Gasteiger charge is -2.22. The molecule has 0 saturated carbocycles. The van der Waals surface area contributed by atoms with Crippen molar-refractivity contribution in [1.82, 2.24) is 5.32 Å². The Balaban J connectivity index is 3.51. The molecule has 0 aliphatic carbocycles. The fourth-order valence-corrected chi connectivity index (χ4v) is 1.15. The van der Waals surface area contributed by atoms with Crippen LogP contribution in [0.15, 0.2) is 0 Å². The maximum atomic E-state index is 11.7. The number of carbonyl (C=O) groups excluding carboxylic acids is 1. The molecular weight excluding hydrogens is 226 g/mol. The second-order valence-corrected chi connectivity index (χ2v) is 4.26.